The van der Waals surface area contributed by atoms with E-state index in [0.29, 0.717) is 19.0 Å². The highest BCUT2D eigenvalue weighted by molar-refractivity contribution is 7.09. The van der Waals surface area contributed by atoms with Gasteiger partial charge in [0.15, 0.2) is 5.96 Å². The van der Waals surface area contributed by atoms with Crippen molar-refractivity contribution in [2.24, 2.45) is 4.99 Å². The summed E-state index contributed by atoms with van der Waals surface area (Å²) in [6.07, 6.45) is 1.73. The van der Waals surface area contributed by atoms with E-state index in [4.69, 9.17) is 4.74 Å². The van der Waals surface area contributed by atoms with E-state index in [1.807, 2.05) is 19.1 Å². The molecule has 0 saturated carbocycles. The normalized spacial score (nSPS) is 11.3. The van der Waals surface area contributed by atoms with Gasteiger partial charge in [0.1, 0.15) is 0 Å². The van der Waals surface area contributed by atoms with Crippen molar-refractivity contribution in [3.63, 3.8) is 0 Å². The second-order valence-corrected chi connectivity index (χ2v) is 5.56. The number of ether oxygens (including phenoxy) is 1. The molecule has 0 saturated heterocycles. The average Bonchev–Trinajstić information content (AvgIpc) is 3.05. The first-order chi connectivity index (χ1) is 10.8. The molecule has 0 unspecified atom stereocenters. The van der Waals surface area contributed by atoms with Gasteiger partial charge in [0.25, 0.3) is 0 Å². The minimum Gasteiger partial charge on any atom is -0.478 e. The summed E-state index contributed by atoms with van der Waals surface area (Å²) in [5.41, 5.74) is 0.984. The van der Waals surface area contributed by atoms with Crippen molar-refractivity contribution in [3.8, 4) is 5.88 Å². The van der Waals surface area contributed by atoms with Crippen LogP contribution < -0.4 is 15.4 Å². The predicted molar refractivity (Wildman–Crippen MR) is 91.4 cm³/mol. The molecule has 0 atom stereocenters. The first-order valence-electron chi connectivity index (χ1n) is 7.44. The summed E-state index contributed by atoms with van der Waals surface area (Å²) in [7, 11) is 0. The number of nitrogens with one attached hydrogen (secondary N) is 2. The van der Waals surface area contributed by atoms with Crippen LogP contribution in [0.15, 0.2) is 40.8 Å². The fourth-order valence-electron chi connectivity index (χ4n) is 1.90. The van der Waals surface area contributed by atoms with E-state index in [1.165, 1.54) is 4.88 Å². The molecule has 0 aromatic carbocycles. The van der Waals surface area contributed by atoms with Gasteiger partial charge in [-0.25, -0.2) is 9.98 Å². The quantitative estimate of drug-likeness (QED) is 0.609. The molecule has 2 aromatic heterocycles. The number of pyridine rings is 1. The Balaban J connectivity index is 2.00. The number of guanidine groups is 1. The maximum absolute atomic E-state index is 5.53. The van der Waals surface area contributed by atoms with Gasteiger partial charge in [0.2, 0.25) is 5.88 Å². The summed E-state index contributed by atoms with van der Waals surface area (Å²) < 4.78 is 5.53. The zero-order valence-corrected chi connectivity index (χ0v) is 13.8. The van der Waals surface area contributed by atoms with E-state index >= 15 is 0 Å². The van der Waals surface area contributed by atoms with Crippen LogP contribution in [0.4, 0.5) is 0 Å². The van der Waals surface area contributed by atoms with Gasteiger partial charge >= 0.3 is 0 Å². The Morgan fingerprint density at radius 1 is 1.27 bits per heavy atom. The smallest absolute Gasteiger partial charge is 0.218 e. The number of thiophene rings is 1. The van der Waals surface area contributed by atoms with Crippen LogP contribution in [-0.4, -0.2) is 24.1 Å². The highest BCUT2D eigenvalue weighted by Crippen LogP contribution is 2.15. The number of rotatable bonds is 7. The van der Waals surface area contributed by atoms with Crippen LogP contribution in [0.5, 0.6) is 5.88 Å². The van der Waals surface area contributed by atoms with Gasteiger partial charge in [-0.3, -0.25) is 0 Å². The van der Waals surface area contributed by atoms with Crippen molar-refractivity contribution in [2.45, 2.75) is 26.9 Å². The molecule has 0 aliphatic heterocycles. The first kappa shape index (κ1) is 16.3. The predicted octanol–water partition coefficient (Wildman–Crippen LogP) is 2.80. The van der Waals surface area contributed by atoms with Crippen molar-refractivity contribution in [1.82, 2.24) is 15.6 Å². The number of aromatic nitrogens is 1. The zero-order chi connectivity index (χ0) is 15.6. The lowest BCUT2D eigenvalue weighted by Gasteiger charge is -2.11. The van der Waals surface area contributed by atoms with Crippen LogP contribution in [0.25, 0.3) is 0 Å². The van der Waals surface area contributed by atoms with Crippen molar-refractivity contribution in [3.05, 3.63) is 46.3 Å². The van der Waals surface area contributed by atoms with Crippen molar-refractivity contribution >= 4 is 17.3 Å². The molecule has 22 heavy (non-hydrogen) atoms. The standard InChI is InChI=1S/C16H22N4OS/c1-3-17-16(20-12-14-8-6-10-22-14)19-11-13-7-5-9-18-15(13)21-4-2/h5-10H,3-4,11-12H2,1-2H3,(H2,17,19,20). The number of aliphatic imine (C=N–C) groups is 1. The summed E-state index contributed by atoms with van der Waals surface area (Å²) in [6.45, 7) is 6.73. The molecule has 0 aliphatic rings. The third kappa shape index (κ3) is 5.04. The molecule has 0 bridgehead atoms. The van der Waals surface area contributed by atoms with E-state index < -0.39 is 0 Å². The Labute approximate surface area is 135 Å². The second-order valence-electron chi connectivity index (χ2n) is 4.53. The Morgan fingerprint density at radius 3 is 2.91 bits per heavy atom. The maximum atomic E-state index is 5.53. The Morgan fingerprint density at radius 2 is 2.18 bits per heavy atom. The maximum Gasteiger partial charge on any atom is 0.218 e. The minimum absolute atomic E-state index is 0.531. The summed E-state index contributed by atoms with van der Waals surface area (Å²) >= 11 is 1.73. The van der Waals surface area contributed by atoms with Crippen LogP contribution >= 0.6 is 11.3 Å². The Bertz CT molecular complexity index is 584. The van der Waals surface area contributed by atoms with Crippen molar-refractivity contribution < 1.29 is 4.74 Å². The van der Waals surface area contributed by atoms with E-state index in [9.17, 15) is 0 Å². The van der Waals surface area contributed by atoms with Gasteiger partial charge in [0, 0.05) is 23.2 Å². The summed E-state index contributed by atoms with van der Waals surface area (Å²) in [4.78, 5) is 10.1. The highest BCUT2D eigenvalue weighted by atomic mass is 32.1. The fraction of sp³-hybridized carbons (Fsp3) is 0.375. The fourth-order valence-corrected chi connectivity index (χ4v) is 2.55. The van der Waals surface area contributed by atoms with E-state index in [1.54, 1.807) is 17.5 Å². The SMILES string of the molecule is CCNC(=NCc1cccnc1OCC)NCc1cccs1. The van der Waals surface area contributed by atoms with E-state index in [2.05, 4.69) is 45.0 Å². The van der Waals surface area contributed by atoms with Crippen LogP contribution in [-0.2, 0) is 13.1 Å². The molecule has 5 nitrogen and oxygen atoms in total. The van der Waals surface area contributed by atoms with Crippen LogP contribution in [0.2, 0.25) is 0 Å². The molecular formula is C16H22N4OS. The molecule has 0 fully saturated rings. The van der Waals surface area contributed by atoms with Crippen molar-refractivity contribution in [2.75, 3.05) is 13.2 Å². The summed E-state index contributed by atoms with van der Waals surface area (Å²) in [5, 5.41) is 8.66. The topological polar surface area (TPSA) is 58.5 Å². The molecular weight excluding hydrogens is 296 g/mol. The lowest BCUT2D eigenvalue weighted by atomic mass is 10.3. The molecule has 0 radical (unpaired) electrons. The third-order valence-electron chi connectivity index (χ3n) is 2.89. The molecule has 0 spiro atoms. The van der Waals surface area contributed by atoms with Crippen molar-refractivity contribution in [1.29, 1.82) is 0 Å². The third-order valence-corrected chi connectivity index (χ3v) is 3.77. The summed E-state index contributed by atoms with van der Waals surface area (Å²) in [6, 6.07) is 8.05. The lowest BCUT2D eigenvalue weighted by Crippen LogP contribution is -2.36. The Hall–Kier alpha value is -2.08. The number of hydrogen-bond donors (Lipinski definition) is 2. The van der Waals surface area contributed by atoms with Crippen LogP contribution in [0.1, 0.15) is 24.3 Å². The molecule has 2 rings (SSSR count). The molecule has 0 amide bonds. The van der Waals surface area contributed by atoms with Crippen LogP contribution in [0, 0.1) is 0 Å². The molecule has 2 heterocycles. The first-order valence-corrected chi connectivity index (χ1v) is 8.32. The zero-order valence-electron chi connectivity index (χ0n) is 13.0. The van der Waals surface area contributed by atoms with Crippen LogP contribution in [0.3, 0.4) is 0 Å². The second kappa shape index (κ2) is 9.04. The summed E-state index contributed by atoms with van der Waals surface area (Å²) in [5.74, 6) is 1.45. The van der Waals surface area contributed by atoms with Gasteiger partial charge in [0.05, 0.1) is 19.7 Å². The Kier molecular flexibility index (Phi) is 6.70. The molecule has 6 heteroatoms. The number of nitrogens with zero attached hydrogens (tertiary/aromatic N) is 2. The average molecular weight is 318 g/mol. The molecule has 2 aromatic rings. The minimum atomic E-state index is 0.531. The molecule has 0 aliphatic carbocycles. The molecule has 2 N–H and O–H groups in total. The monoisotopic (exact) mass is 318 g/mol. The van der Waals surface area contributed by atoms with Gasteiger partial charge in [-0.15, -0.1) is 11.3 Å². The van der Waals surface area contributed by atoms with Gasteiger partial charge in [-0.1, -0.05) is 12.1 Å². The number of hydrogen-bond acceptors (Lipinski definition) is 4. The molecule has 118 valence electrons. The van der Waals surface area contributed by atoms with Gasteiger partial charge in [-0.2, -0.15) is 0 Å². The largest absolute Gasteiger partial charge is 0.478 e. The lowest BCUT2D eigenvalue weighted by molar-refractivity contribution is 0.323. The van der Waals surface area contributed by atoms with Gasteiger partial charge in [-0.05, 0) is 31.4 Å². The highest BCUT2D eigenvalue weighted by Gasteiger charge is 2.04. The van der Waals surface area contributed by atoms with E-state index in [-0.39, 0.29) is 0 Å². The van der Waals surface area contributed by atoms with Gasteiger partial charge < -0.3 is 15.4 Å². The van der Waals surface area contributed by atoms with E-state index in [0.717, 1.165) is 24.6 Å².